The largest absolute Gasteiger partial charge is 0.369 e. The summed E-state index contributed by atoms with van der Waals surface area (Å²) in [7, 11) is -3.52. The molecule has 2 aromatic rings. The molecule has 0 unspecified atom stereocenters. The molecule has 132 valence electrons. The Hall–Kier alpha value is -2.45. The minimum atomic E-state index is -3.52. The van der Waals surface area contributed by atoms with Crippen LogP contribution in [0.4, 0.5) is 11.4 Å². The number of piperazine rings is 1. The zero-order valence-electron chi connectivity index (χ0n) is 13.8. The lowest BCUT2D eigenvalue weighted by molar-refractivity contribution is -0.384. The first-order chi connectivity index (χ1) is 11.9. The van der Waals surface area contributed by atoms with Gasteiger partial charge in [-0.1, -0.05) is 18.2 Å². The highest BCUT2D eigenvalue weighted by atomic mass is 32.2. The molecule has 7 nitrogen and oxygen atoms in total. The topological polar surface area (TPSA) is 83.8 Å². The Kier molecular flexibility index (Phi) is 4.73. The number of nitro groups is 1. The summed E-state index contributed by atoms with van der Waals surface area (Å²) in [5.41, 5.74) is 0.899. The molecule has 0 amide bonds. The summed E-state index contributed by atoms with van der Waals surface area (Å²) in [5, 5.41) is 10.7. The lowest BCUT2D eigenvalue weighted by atomic mass is 10.2. The maximum atomic E-state index is 12.8. The monoisotopic (exact) mass is 361 g/mol. The van der Waals surface area contributed by atoms with Crippen LogP contribution in [-0.4, -0.2) is 43.3 Å². The van der Waals surface area contributed by atoms with E-state index < -0.39 is 14.9 Å². The first-order valence-corrected chi connectivity index (χ1v) is 9.40. The number of nitro benzene ring substituents is 1. The van der Waals surface area contributed by atoms with E-state index in [4.69, 9.17) is 0 Å². The molecule has 0 bridgehead atoms. The van der Waals surface area contributed by atoms with Gasteiger partial charge in [-0.05, 0) is 31.2 Å². The number of anilines is 1. The van der Waals surface area contributed by atoms with Crippen LogP contribution in [0.3, 0.4) is 0 Å². The van der Waals surface area contributed by atoms with Crippen molar-refractivity contribution in [3.05, 3.63) is 64.7 Å². The molecule has 8 heteroatoms. The van der Waals surface area contributed by atoms with Gasteiger partial charge in [-0.15, -0.1) is 0 Å². The van der Waals surface area contributed by atoms with Crippen LogP contribution in [-0.2, 0) is 10.0 Å². The highest BCUT2D eigenvalue weighted by Crippen LogP contribution is 2.25. The maximum absolute atomic E-state index is 12.8. The van der Waals surface area contributed by atoms with E-state index in [0.29, 0.717) is 24.5 Å². The van der Waals surface area contributed by atoms with Gasteiger partial charge in [-0.25, -0.2) is 8.42 Å². The normalized spacial score (nSPS) is 18.9. The molecule has 0 spiro atoms. The number of rotatable bonds is 4. The molecule has 25 heavy (non-hydrogen) atoms. The van der Waals surface area contributed by atoms with Gasteiger partial charge in [0, 0.05) is 43.5 Å². The van der Waals surface area contributed by atoms with Gasteiger partial charge in [0.05, 0.1) is 9.82 Å². The standard InChI is InChI=1S/C17H19N3O4S/c1-14-13-18(15-7-9-16(10-8-15)20(21)22)11-12-19(14)25(23,24)17-5-3-2-4-6-17/h2-10,14H,11-13H2,1H3/t14-/m0/s1. The highest BCUT2D eigenvalue weighted by Gasteiger charge is 2.33. The van der Waals surface area contributed by atoms with E-state index in [1.165, 1.54) is 16.4 Å². The fourth-order valence-electron chi connectivity index (χ4n) is 3.05. The van der Waals surface area contributed by atoms with Crippen molar-refractivity contribution in [2.24, 2.45) is 0 Å². The quantitative estimate of drug-likeness (QED) is 0.617. The molecule has 1 fully saturated rings. The maximum Gasteiger partial charge on any atom is 0.269 e. The molecule has 0 radical (unpaired) electrons. The second kappa shape index (κ2) is 6.81. The lowest BCUT2D eigenvalue weighted by Crippen LogP contribution is -2.53. The minimum absolute atomic E-state index is 0.0436. The average Bonchev–Trinajstić information content (AvgIpc) is 2.62. The number of nitrogens with zero attached hydrogens (tertiary/aromatic N) is 3. The first-order valence-electron chi connectivity index (χ1n) is 7.96. The molecule has 0 aromatic heterocycles. The molecule has 1 aliphatic rings. The second-order valence-electron chi connectivity index (χ2n) is 6.00. The van der Waals surface area contributed by atoms with Gasteiger partial charge >= 0.3 is 0 Å². The van der Waals surface area contributed by atoms with E-state index >= 15 is 0 Å². The third-order valence-electron chi connectivity index (χ3n) is 4.34. The molecule has 1 atom stereocenters. The van der Waals surface area contributed by atoms with E-state index in [0.717, 1.165) is 5.69 Å². The zero-order valence-corrected chi connectivity index (χ0v) is 14.6. The van der Waals surface area contributed by atoms with Crippen LogP contribution >= 0.6 is 0 Å². The Bertz CT molecular complexity index is 853. The fraction of sp³-hybridized carbons (Fsp3) is 0.294. The predicted octanol–water partition coefficient (Wildman–Crippen LogP) is 2.49. The average molecular weight is 361 g/mol. The summed E-state index contributed by atoms with van der Waals surface area (Å²) in [4.78, 5) is 12.7. The SMILES string of the molecule is C[C@H]1CN(c2ccc([N+](=O)[O-])cc2)CCN1S(=O)(=O)c1ccccc1. The smallest absolute Gasteiger partial charge is 0.269 e. The summed E-state index contributed by atoms with van der Waals surface area (Å²) in [6.07, 6.45) is 0. The van der Waals surface area contributed by atoms with Crippen LogP contribution in [0, 0.1) is 10.1 Å². The van der Waals surface area contributed by atoms with Crippen LogP contribution in [0.1, 0.15) is 6.92 Å². The van der Waals surface area contributed by atoms with Crippen molar-refractivity contribution in [2.75, 3.05) is 24.5 Å². The number of benzene rings is 2. The van der Waals surface area contributed by atoms with Gasteiger partial charge in [-0.2, -0.15) is 4.31 Å². The van der Waals surface area contributed by atoms with Crippen molar-refractivity contribution in [2.45, 2.75) is 17.9 Å². The number of hydrogen-bond donors (Lipinski definition) is 0. The van der Waals surface area contributed by atoms with E-state index in [2.05, 4.69) is 0 Å². The Morgan fingerprint density at radius 2 is 1.68 bits per heavy atom. The van der Waals surface area contributed by atoms with Crippen molar-refractivity contribution < 1.29 is 13.3 Å². The molecule has 0 saturated carbocycles. The summed E-state index contributed by atoms with van der Waals surface area (Å²) in [6, 6.07) is 14.5. The van der Waals surface area contributed by atoms with Crippen molar-refractivity contribution in [1.82, 2.24) is 4.31 Å². The Morgan fingerprint density at radius 3 is 2.24 bits per heavy atom. The minimum Gasteiger partial charge on any atom is -0.369 e. The third-order valence-corrected chi connectivity index (χ3v) is 6.37. The Labute approximate surface area is 146 Å². The van der Waals surface area contributed by atoms with E-state index in [1.807, 2.05) is 11.8 Å². The molecule has 2 aromatic carbocycles. The van der Waals surface area contributed by atoms with Crippen molar-refractivity contribution in [3.63, 3.8) is 0 Å². The summed E-state index contributed by atoms with van der Waals surface area (Å²) in [5.74, 6) is 0. The van der Waals surface area contributed by atoms with Gasteiger partial charge in [0.2, 0.25) is 10.0 Å². The predicted molar refractivity (Wildman–Crippen MR) is 95.1 cm³/mol. The van der Waals surface area contributed by atoms with Crippen LogP contribution < -0.4 is 4.90 Å². The van der Waals surface area contributed by atoms with Gasteiger partial charge < -0.3 is 4.90 Å². The van der Waals surface area contributed by atoms with Gasteiger partial charge in [0.25, 0.3) is 5.69 Å². The lowest BCUT2D eigenvalue weighted by Gasteiger charge is -2.40. The van der Waals surface area contributed by atoms with Crippen molar-refractivity contribution >= 4 is 21.4 Å². The summed E-state index contributed by atoms with van der Waals surface area (Å²) < 4.78 is 27.1. The Morgan fingerprint density at radius 1 is 1.04 bits per heavy atom. The van der Waals surface area contributed by atoms with Crippen LogP contribution in [0.2, 0.25) is 0 Å². The number of hydrogen-bond acceptors (Lipinski definition) is 5. The molecular weight excluding hydrogens is 342 g/mol. The first kappa shape index (κ1) is 17.4. The molecule has 1 saturated heterocycles. The van der Waals surface area contributed by atoms with E-state index in [-0.39, 0.29) is 11.7 Å². The van der Waals surface area contributed by atoms with Gasteiger partial charge in [0.1, 0.15) is 0 Å². The molecular formula is C17H19N3O4S. The van der Waals surface area contributed by atoms with E-state index in [9.17, 15) is 18.5 Å². The molecule has 0 aliphatic carbocycles. The second-order valence-corrected chi connectivity index (χ2v) is 7.89. The van der Waals surface area contributed by atoms with Gasteiger partial charge in [-0.3, -0.25) is 10.1 Å². The highest BCUT2D eigenvalue weighted by molar-refractivity contribution is 7.89. The van der Waals surface area contributed by atoms with Crippen LogP contribution in [0.15, 0.2) is 59.5 Å². The van der Waals surface area contributed by atoms with Crippen LogP contribution in [0.25, 0.3) is 0 Å². The zero-order chi connectivity index (χ0) is 18.0. The summed E-state index contributed by atoms with van der Waals surface area (Å²) in [6.45, 7) is 3.31. The molecule has 1 aliphatic heterocycles. The summed E-state index contributed by atoms with van der Waals surface area (Å²) >= 11 is 0. The molecule has 0 N–H and O–H groups in total. The fourth-order valence-corrected chi connectivity index (χ4v) is 4.68. The van der Waals surface area contributed by atoms with Crippen LogP contribution in [0.5, 0.6) is 0 Å². The number of non-ortho nitro benzene ring substituents is 1. The van der Waals surface area contributed by atoms with Crippen molar-refractivity contribution in [3.8, 4) is 0 Å². The molecule has 3 rings (SSSR count). The van der Waals surface area contributed by atoms with E-state index in [1.54, 1.807) is 42.5 Å². The van der Waals surface area contributed by atoms with Crippen molar-refractivity contribution in [1.29, 1.82) is 0 Å². The number of sulfonamides is 1. The molecule has 1 heterocycles. The Balaban J connectivity index is 1.75. The third kappa shape index (κ3) is 3.49. The van der Waals surface area contributed by atoms with Gasteiger partial charge in [0.15, 0.2) is 0 Å².